The van der Waals surface area contributed by atoms with E-state index in [1.165, 1.54) is 0 Å². The maximum atomic E-state index is 6.03. The van der Waals surface area contributed by atoms with E-state index in [9.17, 15) is 0 Å². The Balaban J connectivity index is 1.69. The molecule has 0 unspecified atom stereocenters. The Hall–Kier alpha value is -3.09. The van der Waals surface area contributed by atoms with Gasteiger partial charge in [-0.2, -0.15) is 0 Å². The molecule has 4 rings (SSSR count). The SMILES string of the molecule is COc1ccc(-n2ccc3c(Oc4cc(CNCl)ccn4)cccc32)cn1. The van der Waals surface area contributed by atoms with Crippen LogP contribution in [0.5, 0.6) is 17.5 Å². The monoisotopic (exact) mass is 380 g/mol. The van der Waals surface area contributed by atoms with E-state index >= 15 is 0 Å². The number of fused-ring (bicyclic) bond motifs is 1. The van der Waals surface area contributed by atoms with E-state index in [2.05, 4.69) is 19.4 Å². The van der Waals surface area contributed by atoms with E-state index in [1.54, 1.807) is 19.5 Å². The molecule has 136 valence electrons. The standard InChI is InChI=1S/C20H17ClN4O2/c1-26-19-6-5-15(13-23-19)25-10-8-16-17(25)3-2-4-18(16)27-20-11-14(12-24-21)7-9-22-20/h2-11,13,24H,12H2,1H3. The lowest BCUT2D eigenvalue weighted by molar-refractivity contribution is 0.398. The van der Waals surface area contributed by atoms with Gasteiger partial charge in [-0.05, 0) is 47.7 Å². The molecule has 0 aliphatic carbocycles. The van der Waals surface area contributed by atoms with Gasteiger partial charge in [-0.3, -0.25) is 0 Å². The topological polar surface area (TPSA) is 61.2 Å². The summed E-state index contributed by atoms with van der Waals surface area (Å²) in [6.45, 7) is 0.533. The quantitative estimate of drug-likeness (QED) is 0.500. The van der Waals surface area contributed by atoms with Gasteiger partial charge in [0.25, 0.3) is 0 Å². The van der Waals surface area contributed by atoms with Crippen molar-refractivity contribution in [2.24, 2.45) is 0 Å². The predicted molar refractivity (Wildman–Crippen MR) is 105 cm³/mol. The average molecular weight is 381 g/mol. The van der Waals surface area contributed by atoms with Crippen LogP contribution in [0.2, 0.25) is 0 Å². The number of hydrogen-bond donors (Lipinski definition) is 1. The highest BCUT2D eigenvalue weighted by Gasteiger charge is 2.10. The zero-order valence-corrected chi connectivity index (χ0v) is 15.3. The molecule has 0 spiro atoms. The number of halogens is 1. The molecule has 0 atom stereocenters. The number of hydrogen-bond acceptors (Lipinski definition) is 5. The van der Waals surface area contributed by atoms with Crippen LogP contribution in [0.25, 0.3) is 16.6 Å². The zero-order valence-electron chi connectivity index (χ0n) is 14.6. The van der Waals surface area contributed by atoms with Crippen molar-refractivity contribution in [1.29, 1.82) is 0 Å². The fourth-order valence-electron chi connectivity index (χ4n) is 2.90. The van der Waals surface area contributed by atoms with E-state index in [1.807, 2.05) is 54.7 Å². The largest absolute Gasteiger partial charge is 0.481 e. The average Bonchev–Trinajstić information content (AvgIpc) is 3.14. The molecular weight excluding hydrogens is 364 g/mol. The Morgan fingerprint density at radius 2 is 2.00 bits per heavy atom. The van der Waals surface area contributed by atoms with Gasteiger partial charge in [0.2, 0.25) is 11.8 Å². The lowest BCUT2D eigenvalue weighted by atomic mass is 10.2. The van der Waals surface area contributed by atoms with Gasteiger partial charge in [0.15, 0.2) is 0 Å². The number of methoxy groups -OCH3 is 1. The second-order valence-corrected chi connectivity index (χ2v) is 6.12. The summed E-state index contributed by atoms with van der Waals surface area (Å²) in [5.41, 5.74) is 2.94. The van der Waals surface area contributed by atoms with Crippen molar-refractivity contribution < 1.29 is 9.47 Å². The van der Waals surface area contributed by atoms with E-state index in [0.717, 1.165) is 27.9 Å². The number of ether oxygens (including phenoxy) is 2. The van der Waals surface area contributed by atoms with Gasteiger partial charge >= 0.3 is 0 Å². The van der Waals surface area contributed by atoms with Gasteiger partial charge in [-0.1, -0.05) is 6.07 Å². The van der Waals surface area contributed by atoms with Gasteiger partial charge in [0.1, 0.15) is 5.75 Å². The minimum absolute atomic E-state index is 0.519. The van der Waals surface area contributed by atoms with Crippen LogP contribution in [-0.2, 0) is 6.54 Å². The second kappa shape index (κ2) is 7.65. The molecule has 0 amide bonds. The summed E-state index contributed by atoms with van der Waals surface area (Å²) in [5.74, 6) is 1.83. The Kier molecular flexibility index (Phi) is 4.91. The summed E-state index contributed by atoms with van der Waals surface area (Å²) in [4.78, 5) is 11.2. The van der Waals surface area contributed by atoms with Crippen LogP contribution >= 0.6 is 11.8 Å². The minimum Gasteiger partial charge on any atom is -0.481 e. The molecule has 4 aromatic rings. The minimum atomic E-state index is 0.519. The van der Waals surface area contributed by atoms with Crippen molar-refractivity contribution in [2.45, 2.75) is 6.54 Å². The summed E-state index contributed by atoms with van der Waals surface area (Å²) in [6, 6.07) is 15.5. The third kappa shape index (κ3) is 3.58. The van der Waals surface area contributed by atoms with Crippen LogP contribution < -0.4 is 14.3 Å². The number of pyridine rings is 2. The van der Waals surface area contributed by atoms with Crippen LogP contribution in [0, 0.1) is 0 Å². The van der Waals surface area contributed by atoms with E-state index in [4.69, 9.17) is 21.3 Å². The van der Waals surface area contributed by atoms with Crippen molar-refractivity contribution in [1.82, 2.24) is 19.4 Å². The number of nitrogens with zero attached hydrogens (tertiary/aromatic N) is 3. The van der Waals surface area contributed by atoms with Gasteiger partial charge < -0.3 is 14.0 Å². The van der Waals surface area contributed by atoms with Crippen molar-refractivity contribution in [3.05, 3.63) is 72.7 Å². The third-order valence-corrected chi connectivity index (χ3v) is 4.32. The maximum absolute atomic E-state index is 6.03. The summed E-state index contributed by atoms with van der Waals surface area (Å²) >= 11 is 5.58. The van der Waals surface area contributed by atoms with Gasteiger partial charge in [-0.15, -0.1) is 0 Å². The van der Waals surface area contributed by atoms with E-state index in [-0.39, 0.29) is 0 Å². The molecule has 0 bridgehead atoms. The van der Waals surface area contributed by atoms with Crippen LogP contribution in [0.1, 0.15) is 5.56 Å². The fraction of sp³-hybridized carbons (Fsp3) is 0.100. The molecule has 27 heavy (non-hydrogen) atoms. The molecule has 0 aliphatic rings. The van der Waals surface area contributed by atoms with Crippen LogP contribution in [0.3, 0.4) is 0 Å². The van der Waals surface area contributed by atoms with Gasteiger partial charge in [0.05, 0.1) is 24.5 Å². The van der Waals surface area contributed by atoms with Gasteiger partial charge in [-0.25, -0.2) is 14.8 Å². The highest BCUT2D eigenvalue weighted by molar-refractivity contribution is 6.13. The lowest BCUT2D eigenvalue weighted by Gasteiger charge is -2.09. The molecule has 1 N–H and O–H groups in total. The zero-order chi connectivity index (χ0) is 18.6. The molecule has 0 radical (unpaired) electrons. The molecule has 0 aliphatic heterocycles. The first kappa shape index (κ1) is 17.3. The predicted octanol–water partition coefficient (Wildman–Crippen LogP) is 4.46. The summed E-state index contributed by atoms with van der Waals surface area (Å²) < 4.78 is 13.2. The second-order valence-electron chi connectivity index (χ2n) is 5.85. The number of nitrogens with one attached hydrogen (secondary N) is 1. The van der Waals surface area contributed by atoms with Crippen LogP contribution in [0.15, 0.2) is 67.1 Å². The Morgan fingerprint density at radius 3 is 2.78 bits per heavy atom. The first-order valence-electron chi connectivity index (χ1n) is 8.35. The normalized spacial score (nSPS) is 10.9. The molecule has 1 aromatic carbocycles. The molecule has 0 saturated carbocycles. The molecule has 3 heterocycles. The van der Waals surface area contributed by atoms with Crippen molar-refractivity contribution in [2.75, 3.05) is 7.11 Å². The Labute approximate surface area is 161 Å². The van der Waals surface area contributed by atoms with Crippen molar-refractivity contribution in [3.63, 3.8) is 0 Å². The third-order valence-electron chi connectivity index (χ3n) is 4.19. The highest BCUT2D eigenvalue weighted by Crippen LogP contribution is 2.31. The highest BCUT2D eigenvalue weighted by atomic mass is 35.5. The Morgan fingerprint density at radius 1 is 1.07 bits per heavy atom. The maximum Gasteiger partial charge on any atom is 0.219 e. The van der Waals surface area contributed by atoms with Gasteiger partial charge in [0, 0.05) is 36.5 Å². The number of rotatable bonds is 6. The summed E-state index contributed by atoms with van der Waals surface area (Å²) in [5, 5.41) is 0.982. The van der Waals surface area contributed by atoms with Crippen molar-refractivity contribution in [3.8, 4) is 23.2 Å². The smallest absolute Gasteiger partial charge is 0.219 e. The lowest BCUT2D eigenvalue weighted by Crippen LogP contribution is -1.99. The first-order chi connectivity index (χ1) is 13.3. The Bertz CT molecular complexity index is 1060. The number of aromatic nitrogens is 3. The fourth-order valence-corrected chi connectivity index (χ4v) is 3.05. The number of benzene rings is 1. The molecule has 0 fully saturated rings. The molecule has 7 heteroatoms. The van der Waals surface area contributed by atoms with E-state index < -0.39 is 0 Å². The van der Waals surface area contributed by atoms with Crippen molar-refractivity contribution >= 4 is 22.7 Å². The first-order valence-corrected chi connectivity index (χ1v) is 8.73. The van der Waals surface area contributed by atoms with Crippen LogP contribution in [0.4, 0.5) is 0 Å². The summed E-state index contributed by atoms with van der Waals surface area (Å²) in [7, 11) is 1.60. The molecular formula is C20H17ClN4O2. The molecule has 0 saturated heterocycles. The van der Waals surface area contributed by atoms with E-state index in [0.29, 0.717) is 18.3 Å². The molecule has 6 nitrogen and oxygen atoms in total. The molecule has 3 aromatic heterocycles. The van der Waals surface area contributed by atoms with Crippen LogP contribution in [-0.4, -0.2) is 21.6 Å². The summed E-state index contributed by atoms with van der Waals surface area (Å²) in [6.07, 6.45) is 5.46.